The van der Waals surface area contributed by atoms with E-state index in [2.05, 4.69) is 4.98 Å². The number of rotatable bonds is 0. The van der Waals surface area contributed by atoms with Gasteiger partial charge in [0.2, 0.25) is 0 Å². The van der Waals surface area contributed by atoms with Gasteiger partial charge < -0.3 is 0 Å². The molecule has 4 heteroatoms. The van der Waals surface area contributed by atoms with Crippen LogP contribution in [-0.4, -0.2) is 4.98 Å². The Morgan fingerprint density at radius 1 is 1.07 bits per heavy atom. The summed E-state index contributed by atoms with van der Waals surface area (Å²) in [6.07, 6.45) is -2.18. The molecule has 82 valence electrons. The molecule has 1 aromatic rings. The molecule has 0 amide bonds. The first-order valence-corrected chi connectivity index (χ1v) is 4.58. The molecule has 0 fully saturated rings. The van der Waals surface area contributed by atoms with Crippen LogP contribution in [0.3, 0.4) is 0 Å². The number of alkyl halides is 3. The van der Waals surface area contributed by atoms with Crippen molar-refractivity contribution in [3.05, 3.63) is 30.1 Å². The summed E-state index contributed by atoms with van der Waals surface area (Å²) < 4.78 is 35.2. The Morgan fingerprint density at radius 3 is 1.79 bits per heavy atom. The largest absolute Gasteiger partial charge is 0.417 e. The predicted molar refractivity (Wildman–Crippen MR) is 51.9 cm³/mol. The van der Waals surface area contributed by atoms with E-state index in [4.69, 9.17) is 0 Å². The number of aromatic nitrogens is 1. The highest BCUT2D eigenvalue weighted by atomic mass is 19.4. The first-order valence-electron chi connectivity index (χ1n) is 4.58. The van der Waals surface area contributed by atoms with Crippen LogP contribution in [0.2, 0.25) is 0 Å². The number of nitrogens with zero attached hydrogens (tertiary/aromatic N) is 1. The van der Waals surface area contributed by atoms with E-state index in [9.17, 15) is 13.2 Å². The minimum Gasteiger partial charge on any atom is -0.264 e. The normalized spacial score (nSPS) is 9.07. The average molecular weight is 207 g/mol. The van der Waals surface area contributed by atoms with E-state index in [1.165, 1.54) is 12.3 Å². The van der Waals surface area contributed by atoms with Crippen LogP contribution in [0.1, 0.15) is 33.3 Å². The fraction of sp³-hybridized carbons (Fsp3) is 0.500. The Labute approximate surface area is 83.0 Å². The van der Waals surface area contributed by atoms with Crippen molar-refractivity contribution in [2.24, 2.45) is 0 Å². The fourth-order valence-electron chi connectivity index (χ4n) is 0.530. The molecule has 0 radical (unpaired) electrons. The quantitative estimate of drug-likeness (QED) is 0.622. The average Bonchev–Trinajstić information content (AvgIpc) is 2.24. The lowest BCUT2D eigenvalue weighted by atomic mass is 10.3. The van der Waals surface area contributed by atoms with Crippen molar-refractivity contribution in [3.8, 4) is 0 Å². The zero-order chi connectivity index (χ0) is 11.6. The Kier molecular flexibility index (Phi) is 9.40. The van der Waals surface area contributed by atoms with Crippen molar-refractivity contribution >= 4 is 0 Å². The number of halogens is 3. The molecule has 0 spiro atoms. The monoisotopic (exact) mass is 207 g/mol. The molecular weight excluding hydrogens is 191 g/mol. The Morgan fingerprint density at radius 2 is 1.57 bits per heavy atom. The Balaban J connectivity index is 0. The maximum atomic E-state index is 11.7. The molecular formula is C10H16F3N. The standard InChI is InChI=1S/C6H4F3N.2C2H6/c7-6(8,9)5-2-1-3-10-4-5;2*1-2/h1-4H;2*1-2H3. The summed E-state index contributed by atoms with van der Waals surface area (Å²) in [5, 5.41) is 0. The van der Waals surface area contributed by atoms with Gasteiger partial charge >= 0.3 is 6.18 Å². The molecule has 1 aromatic heterocycles. The molecule has 1 heterocycles. The first kappa shape index (κ1) is 15.4. The van der Waals surface area contributed by atoms with Crippen LogP contribution in [-0.2, 0) is 6.18 Å². The summed E-state index contributed by atoms with van der Waals surface area (Å²) in [7, 11) is 0. The number of hydrogen-bond donors (Lipinski definition) is 0. The minimum atomic E-state index is -4.27. The van der Waals surface area contributed by atoms with Crippen molar-refractivity contribution in [2.75, 3.05) is 0 Å². The number of hydrogen-bond acceptors (Lipinski definition) is 1. The van der Waals surface area contributed by atoms with Crippen LogP contribution in [0.25, 0.3) is 0 Å². The molecule has 0 aliphatic carbocycles. The molecule has 0 N–H and O–H groups in total. The van der Waals surface area contributed by atoms with Gasteiger partial charge in [-0.1, -0.05) is 27.7 Å². The van der Waals surface area contributed by atoms with Crippen LogP contribution in [0.15, 0.2) is 24.5 Å². The van der Waals surface area contributed by atoms with Crippen LogP contribution in [0.5, 0.6) is 0 Å². The SMILES string of the molecule is CC.CC.FC(F)(F)c1cccnc1. The summed E-state index contributed by atoms with van der Waals surface area (Å²) in [4.78, 5) is 3.33. The van der Waals surface area contributed by atoms with Gasteiger partial charge in [-0.3, -0.25) is 4.98 Å². The third kappa shape index (κ3) is 6.46. The van der Waals surface area contributed by atoms with Gasteiger partial charge in [0, 0.05) is 12.4 Å². The summed E-state index contributed by atoms with van der Waals surface area (Å²) in [5.41, 5.74) is -0.713. The second-order valence-electron chi connectivity index (χ2n) is 1.74. The molecule has 0 aliphatic heterocycles. The fourth-order valence-corrected chi connectivity index (χ4v) is 0.530. The highest BCUT2D eigenvalue weighted by Gasteiger charge is 2.30. The second-order valence-corrected chi connectivity index (χ2v) is 1.74. The van der Waals surface area contributed by atoms with E-state index >= 15 is 0 Å². The van der Waals surface area contributed by atoms with Crippen LogP contribution < -0.4 is 0 Å². The topological polar surface area (TPSA) is 12.9 Å². The van der Waals surface area contributed by atoms with Gasteiger partial charge in [-0.05, 0) is 12.1 Å². The minimum absolute atomic E-state index is 0.713. The van der Waals surface area contributed by atoms with Gasteiger partial charge in [0.05, 0.1) is 5.56 Å². The van der Waals surface area contributed by atoms with Gasteiger partial charge in [0.25, 0.3) is 0 Å². The maximum Gasteiger partial charge on any atom is 0.417 e. The van der Waals surface area contributed by atoms with Crippen molar-refractivity contribution in [1.29, 1.82) is 0 Å². The van der Waals surface area contributed by atoms with Gasteiger partial charge in [-0.25, -0.2) is 0 Å². The first-order chi connectivity index (χ1) is 6.61. The smallest absolute Gasteiger partial charge is 0.264 e. The van der Waals surface area contributed by atoms with Gasteiger partial charge in [0.1, 0.15) is 0 Å². The van der Waals surface area contributed by atoms with Crippen LogP contribution >= 0.6 is 0 Å². The van der Waals surface area contributed by atoms with Gasteiger partial charge in [-0.15, -0.1) is 0 Å². The molecule has 1 rings (SSSR count). The second kappa shape index (κ2) is 8.53. The maximum absolute atomic E-state index is 11.7. The molecule has 14 heavy (non-hydrogen) atoms. The molecule has 0 atom stereocenters. The lowest BCUT2D eigenvalue weighted by Crippen LogP contribution is -2.04. The van der Waals surface area contributed by atoms with Crippen LogP contribution in [0.4, 0.5) is 13.2 Å². The van der Waals surface area contributed by atoms with Crippen LogP contribution in [0, 0.1) is 0 Å². The Hall–Kier alpha value is -1.06. The van der Waals surface area contributed by atoms with Crippen molar-refractivity contribution < 1.29 is 13.2 Å². The molecule has 1 nitrogen and oxygen atoms in total. The summed E-state index contributed by atoms with van der Waals surface area (Å²) in [6.45, 7) is 8.00. The van der Waals surface area contributed by atoms with Gasteiger partial charge in [0.15, 0.2) is 0 Å². The highest BCUT2D eigenvalue weighted by molar-refractivity contribution is 5.11. The summed E-state index contributed by atoms with van der Waals surface area (Å²) in [5.74, 6) is 0. The van der Waals surface area contributed by atoms with E-state index in [-0.39, 0.29) is 0 Å². The molecule has 0 saturated heterocycles. The molecule has 0 aliphatic rings. The van der Waals surface area contributed by atoms with Gasteiger partial charge in [-0.2, -0.15) is 13.2 Å². The summed E-state index contributed by atoms with van der Waals surface area (Å²) >= 11 is 0. The van der Waals surface area contributed by atoms with Crippen molar-refractivity contribution in [3.63, 3.8) is 0 Å². The van der Waals surface area contributed by atoms with E-state index in [0.717, 1.165) is 12.3 Å². The molecule has 0 unspecified atom stereocenters. The number of pyridine rings is 1. The lowest BCUT2D eigenvalue weighted by Gasteiger charge is -2.03. The lowest BCUT2D eigenvalue weighted by molar-refractivity contribution is -0.137. The Bertz CT molecular complexity index is 206. The highest BCUT2D eigenvalue weighted by Crippen LogP contribution is 2.27. The van der Waals surface area contributed by atoms with Crippen molar-refractivity contribution in [2.45, 2.75) is 33.9 Å². The van der Waals surface area contributed by atoms with E-state index in [1.54, 1.807) is 0 Å². The molecule has 0 aromatic carbocycles. The third-order valence-electron chi connectivity index (χ3n) is 0.989. The van der Waals surface area contributed by atoms with E-state index < -0.39 is 11.7 Å². The van der Waals surface area contributed by atoms with Crippen molar-refractivity contribution in [1.82, 2.24) is 4.98 Å². The molecule has 0 saturated carbocycles. The van der Waals surface area contributed by atoms with E-state index in [1.807, 2.05) is 27.7 Å². The third-order valence-corrected chi connectivity index (χ3v) is 0.989. The zero-order valence-electron chi connectivity index (χ0n) is 8.89. The van der Waals surface area contributed by atoms with E-state index in [0.29, 0.717) is 0 Å². The summed E-state index contributed by atoms with van der Waals surface area (Å²) in [6, 6.07) is 2.23. The predicted octanol–water partition coefficient (Wildman–Crippen LogP) is 4.15. The molecule has 0 bridgehead atoms. The zero-order valence-corrected chi connectivity index (χ0v) is 8.89.